The van der Waals surface area contributed by atoms with Crippen LogP contribution in [0.4, 0.5) is 11.4 Å². The first-order valence-corrected chi connectivity index (χ1v) is 21.1. The van der Waals surface area contributed by atoms with Gasteiger partial charge < -0.3 is 49.6 Å². The number of fused-ring (bicyclic) bond motifs is 14. The fourth-order valence-corrected chi connectivity index (χ4v) is 8.80. The zero-order valence-electron chi connectivity index (χ0n) is 36.1. The van der Waals surface area contributed by atoms with Gasteiger partial charge in [0.2, 0.25) is 10.9 Å². The number of aromatic hydroxyl groups is 1. The van der Waals surface area contributed by atoms with E-state index in [0.717, 1.165) is 25.9 Å². The summed E-state index contributed by atoms with van der Waals surface area (Å²) in [6.45, 7) is 17.1. The fraction of sp³-hybridized carbons (Fsp3) is 0.489. The van der Waals surface area contributed by atoms with Crippen molar-refractivity contribution in [3.8, 4) is 11.5 Å². The zero-order valence-corrected chi connectivity index (χ0v) is 36.1. The van der Waals surface area contributed by atoms with Crippen molar-refractivity contribution in [2.24, 2.45) is 35.5 Å². The van der Waals surface area contributed by atoms with Crippen molar-refractivity contribution in [1.82, 2.24) is 4.98 Å². The highest BCUT2D eigenvalue weighted by atomic mass is 16.7. The van der Waals surface area contributed by atoms with Crippen LogP contribution in [0.25, 0.3) is 38.7 Å². The number of rotatable bonds is 1. The number of nitrogens with zero attached hydrogens (tertiary/aromatic N) is 2. The first kappa shape index (κ1) is 43.6. The quantitative estimate of drug-likeness (QED) is 0.0983. The molecule has 0 unspecified atom stereocenters. The van der Waals surface area contributed by atoms with E-state index in [1.165, 1.54) is 39.2 Å². The van der Waals surface area contributed by atoms with Crippen LogP contribution in [0, 0.1) is 42.4 Å². The van der Waals surface area contributed by atoms with Gasteiger partial charge in [-0.3, -0.25) is 14.4 Å². The van der Waals surface area contributed by atoms with Gasteiger partial charge in [0.05, 0.1) is 35.2 Å². The van der Waals surface area contributed by atoms with E-state index in [0.29, 0.717) is 11.6 Å². The number of anilines is 2. The van der Waals surface area contributed by atoms with Crippen LogP contribution >= 0.6 is 0 Å². The summed E-state index contributed by atoms with van der Waals surface area (Å²) in [5, 5.41) is 60.0. The summed E-state index contributed by atoms with van der Waals surface area (Å²) in [5.41, 5.74) is -1.05. The number of ether oxygens (including phenoxy) is 2. The largest absolute Gasteiger partial charge is 0.507 e. The van der Waals surface area contributed by atoms with Crippen LogP contribution in [0.15, 0.2) is 62.3 Å². The maximum absolute atomic E-state index is 14.7. The Hall–Kier alpha value is -5.44. The highest BCUT2D eigenvalue weighted by Crippen LogP contribution is 2.42. The Bertz CT molecular complexity index is 2680. The van der Waals surface area contributed by atoms with Crippen LogP contribution in [-0.4, -0.2) is 73.6 Å². The van der Waals surface area contributed by atoms with Crippen molar-refractivity contribution in [3.63, 3.8) is 0 Å². The number of hydrogen-bond acceptors (Lipinski definition) is 13. The molecule has 14 heteroatoms. The van der Waals surface area contributed by atoms with Crippen LogP contribution in [0.2, 0.25) is 0 Å². The second kappa shape index (κ2) is 16.4. The number of piperidine rings is 1. The van der Waals surface area contributed by atoms with E-state index in [-0.39, 0.29) is 66.7 Å². The summed E-state index contributed by atoms with van der Waals surface area (Å²) >= 11 is 0. The van der Waals surface area contributed by atoms with Gasteiger partial charge in [0.25, 0.3) is 5.91 Å². The van der Waals surface area contributed by atoms with Gasteiger partial charge in [-0.05, 0) is 50.5 Å². The molecular weight excluding hydrogens is 783 g/mol. The number of aliphatic hydroxyl groups is 4. The van der Waals surface area contributed by atoms with Crippen LogP contribution in [-0.2, 0) is 9.53 Å². The molecule has 4 aliphatic rings. The lowest BCUT2D eigenvalue weighted by Gasteiger charge is -2.36. The van der Waals surface area contributed by atoms with Crippen molar-refractivity contribution in [2.75, 3.05) is 23.3 Å². The molecular formula is C47H57N3O11. The Balaban J connectivity index is 1.48. The Kier molecular flexibility index (Phi) is 11.8. The van der Waals surface area contributed by atoms with Crippen molar-refractivity contribution >= 4 is 56.0 Å². The normalized spacial score (nSPS) is 31.5. The third-order valence-corrected chi connectivity index (χ3v) is 13.5. The lowest BCUT2D eigenvalue weighted by Crippen LogP contribution is -2.43. The van der Waals surface area contributed by atoms with E-state index in [4.69, 9.17) is 18.9 Å². The molecule has 4 aromatic rings. The maximum atomic E-state index is 14.7. The number of carbonyl (C=O) groups is 1. The Morgan fingerprint density at radius 2 is 1.49 bits per heavy atom. The summed E-state index contributed by atoms with van der Waals surface area (Å²) in [6.07, 6.45) is 6.66. The third kappa shape index (κ3) is 7.63. The van der Waals surface area contributed by atoms with Gasteiger partial charge in [-0.15, -0.1) is 0 Å². The van der Waals surface area contributed by atoms with E-state index in [2.05, 4.69) is 17.1 Å². The maximum Gasteiger partial charge on any atom is 0.307 e. The average molecular weight is 840 g/mol. The summed E-state index contributed by atoms with van der Waals surface area (Å²) in [4.78, 5) is 49.4. The molecule has 326 valence electrons. The van der Waals surface area contributed by atoms with Crippen molar-refractivity contribution in [3.05, 3.63) is 79.5 Å². The summed E-state index contributed by atoms with van der Waals surface area (Å²) < 4.78 is 18.8. The second-order valence-electron chi connectivity index (χ2n) is 17.8. The Morgan fingerprint density at radius 1 is 0.836 bits per heavy atom. The van der Waals surface area contributed by atoms with Gasteiger partial charge in [0.1, 0.15) is 22.7 Å². The molecule has 1 saturated heterocycles. The molecule has 4 aliphatic heterocycles. The van der Waals surface area contributed by atoms with Crippen LogP contribution < -0.4 is 31.0 Å². The first-order valence-electron chi connectivity index (χ1n) is 21.1. The first-order chi connectivity index (χ1) is 28.7. The molecule has 5 heterocycles. The van der Waals surface area contributed by atoms with Gasteiger partial charge in [-0.2, -0.15) is 0 Å². The number of carbonyl (C=O) groups excluding carboxylic acids is 1. The van der Waals surface area contributed by atoms with Crippen LogP contribution in [0.5, 0.6) is 11.5 Å². The highest BCUT2D eigenvalue weighted by Gasteiger charge is 2.44. The topological polar surface area (TPSA) is 212 Å². The van der Waals surface area contributed by atoms with Crippen molar-refractivity contribution < 1.29 is 44.2 Å². The molecule has 1 aromatic heterocycles. The lowest BCUT2D eigenvalue weighted by molar-refractivity contribution is -0.112. The number of hydrogen-bond donors (Lipinski definition) is 6. The van der Waals surface area contributed by atoms with E-state index < -0.39 is 76.0 Å². The van der Waals surface area contributed by atoms with Gasteiger partial charge in [-0.1, -0.05) is 59.8 Å². The minimum atomic E-state index is -1.89. The Labute approximate surface area is 353 Å². The molecule has 14 nitrogen and oxygen atoms in total. The molecule has 8 rings (SSSR count). The van der Waals surface area contributed by atoms with Gasteiger partial charge in [0.15, 0.2) is 22.4 Å². The monoisotopic (exact) mass is 839 g/mol. The standard InChI is InChI=1S/C47H57N3O11/c1-21-13-16-50(17-14-21)29-19-30(51)35-31(20-29)60-44-36(48-35)32-33-41(55)28(8)43-34(32)45(57)47(9,61-43)59-18-15-22(2)25(5)39(53)27(7)40(54)26(6)38(52)23(3)11-10-12-24(4)46(58)49-37(44)42(33)56/h10-12,15,18-23,25-27,38-40,52-55,57H,13-14,16-17H2,1-9H3,(H,49,58)/b11-10+,18-15+,24-12-/t22-,23-,25+,26+,27-,38-,39+,40+,47-/m0/s1. The zero-order chi connectivity index (χ0) is 44.4. The molecule has 0 spiro atoms. The van der Waals surface area contributed by atoms with Gasteiger partial charge in [0, 0.05) is 72.1 Å². The number of aliphatic hydroxyl groups excluding tert-OH is 4. The minimum absolute atomic E-state index is 0.00363. The van der Waals surface area contributed by atoms with E-state index in [1.54, 1.807) is 45.1 Å². The SMILES string of the molecule is C/C1=C/C=C/[C@H](C)[C@H](O)[C@@H](C)[C@@H](O)[C@@H](C)[C@H](O)[C@H](C)[C@@H](C)/C=C/O[C@@]2(C)Oc3c(C)c(O)c4c(=O)c(c5oc6cc(N7CCC(C)CC7)cc(=O)c6nc5c4c3=C2O)NC1=O. The Morgan fingerprint density at radius 3 is 2.18 bits per heavy atom. The van der Waals surface area contributed by atoms with Gasteiger partial charge in [-0.25, -0.2) is 4.98 Å². The average Bonchev–Trinajstić information content (AvgIpc) is 3.50. The number of phenolic OH excluding ortho intramolecular Hbond substituents is 1. The predicted molar refractivity (Wildman–Crippen MR) is 234 cm³/mol. The number of aromatic nitrogens is 1. The van der Waals surface area contributed by atoms with E-state index >= 15 is 0 Å². The molecule has 3 aromatic carbocycles. The highest BCUT2D eigenvalue weighted by molar-refractivity contribution is 6.16. The third-order valence-electron chi connectivity index (χ3n) is 13.5. The lowest BCUT2D eigenvalue weighted by atomic mass is 9.77. The molecule has 9 atom stereocenters. The number of allylic oxidation sites excluding steroid dienone is 3. The number of nitrogens with one attached hydrogen (secondary N) is 1. The molecule has 0 radical (unpaired) electrons. The number of amides is 1. The smallest absolute Gasteiger partial charge is 0.307 e. The minimum Gasteiger partial charge on any atom is -0.507 e. The molecule has 0 aliphatic carbocycles. The number of phenols is 1. The number of benzene rings is 3. The van der Waals surface area contributed by atoms with Crippen molar-refractivity contribution in [2.45, 2.75) is 99.3 Å². The predicted octanol–water partition coefficient (Wildman–Crippen LogP) is 5.85. The molecule has 0 saturated carbocycles. The van der Waals surface area contributed by atoms with Crippen LogP contribution in [0.1, 0.15) is 73.8 Å². The summed E-state index contributed by atoms with van der Waals surface area (Å²) in [6, 6.07) is 3.18. The van der Waals surface area contributed by atoms with Gasteiger partial charge >= 0.3 is 5.79 Å². The van der Waals surface area contributed by atoms with Crippen molar-refractivity contribution in [1.29, 1.82) is 0 Å². The fourth-order valence-electron chi connectivity index (χ4n) is 8.80. The molecule has 6 N–H and O–H groups in total. The molecule has 5 bridgehead atoms. The molecule has 1 fully saturated rings. The molecule has 61 heavy (non-hydrogen) atoms. The van der Waals surface area contributed by atoms with E-state index in [9.17, 15) is 39.9 Å². The van der Waals surface area contributed by atoms with Crippen LogP contribution in [0.3, 0.4) is 0 Å². The van der Waals surface area contributed by atoms with E-state index in [1.807, 2.05) is 13.8 Å². The molecule has 1 amide bonds. The summed E-state index contributed by atoms with van der Waals surface area (Å²) in [7, 11) is 0. The summed E-state index contributed by atoms with van der Waals surface area (Å²) in [5.74, 6) is -5.43. The second-order valence-corrected chi connectivity index (χ2v) is 17.8.